The Hall–Kier alpha value is -1.27. The Balaban J connectivity index is 1.49. The van der Waals surface area contributed by atoms with Gasteiger partial charge in [-0.05, 0) is 43.4 Å². The molecule has 0 atom stereocenters. The molecule has 0 aromatic heterocycles. The molecule has 2 aliphatic rings. The molecule has 1 aliphatic heterocycles. The van der Waals surface area contributed by atoms with E-state index in [0.717, 1.165) is 66.9 Å². The van der Waals surface area contributed by atoms with Gasteiger partial charge in [0.25, 0.3) is 0 Å². The molecule has 1 saturated heterocycles. The van der Waals surface area contributed by atoms with Crippen LogP contribution >= 0.6 is 15.9 Å². The van der Waals surface area contributed by atoms with Gasteiger partial charge < -0.3 is 19.7 Å². The third kappa shape index (κ3) is 5.17. The van der Waals surface area contributed by atoms with Crippen molar-refractivity contribution in [1.29, 1.82) is 0 Å². The van der Waals surface area contributed by atoms with Crippen molar-refractivity contribution in [2.45, 2.75) is 57.5 Å². The van der Waals surface area contributed by atoms with E-state index in [2.05, 4.69) is 26.1 Å². The van der Waals surface area contributed by atoms with Crippen molar-refractivity contribution in [3.8, 4) is 11.5 Å². The lowest BCUT2D eigenvalue weighted by molar-refractivity contribution is -0.137. The number of nitrogens with zero attached hydrogens (tertiary/aromatic N) is 1. The van der Waals surface area contributed by atoms with Gasteiger partial charge in [-0.2, -0.15) is 0 Å². The van der Waals surface area contributed by atoms with Gasteiger partial charge in [0.15, 0.2) is 11.5 Å². The molecule has 5 nitrogen and oxygen atoms in total. The molecule has 1 saturated carbocycles. The van der Waals surface area contributed by atoms with E-state index in [0.29, 0.717) is 11.9 Å². The Bertz CT molecular complexity index is 639. The van der Waals surface area contributed by atoms with Crippen LogP contribution in [0.2, 0.25) is 0 Å². The van der Waals surface area contributed by atoms with Crippen LogP contribution in [0.5, 0.6) is 11.5 Å². The SMILES string of the molecule is COc1cc(Br)c(CNC2CCN(C(=O)C3CCCCC3)CC2)cc1OC. The Kier molecular flexibility index (Phi) is 7.41. The van der Waals surface area contributed by atoms with Crippen LogP contribution in [0.15, 0.2) is 16.6 Å². The number of nitrogens with one attached hydrogen (secondary N) is 1. The maximum atomic E-state index is 12.7. The zero-order valence-electron chi connectivity index (χ0n) is 16.4. The summed E-state index contributed by atoms with van der Waals surface area (Å²) in [6.45, 7) is 2.52. The van der Waals surface area contributed by atoms with E-state index < -0.39 is 0 Å². The number of amides is 1. The summed E-state index contributed by atoms with van der Waals surface area (Å²) < 4.78 is 11.8. The fourth-order valence-electron chi connectivity index (χ4n) is 4.20. The molecule has 0 unspecified atom stereocenters. The van der Waals surface area contributed by atoms with Gasteiger partial charge in [0.2, 0.25) is 5.91 Å². The van der Waals surface area contributed by atoms with Crippen LogP contribution < -0.4 is 14.8 Å². The van der Waals surface area contributed by atoms with Crippen LogP contribution in [-0.4, -0.2) is 44.2 Å². The Morgan fingerprint density at radius 1 is 1.07 bits per heavy atom. The number of rotatable bonds is 6. The molecule has 1 aliphatic carbocycles. The molecule has 6 heteroatoms. The third-order valence-electron chi connectivity index (χ3n) is 5.89. The lowest BCUT2D eigenvalue weighted by Gasteiger charge is -2.35. The molecule has 1 amide bonds. The first-order valence-corrected chi connectivity index (χ1v) is 10.8. The number of likely N-dealkylation sites (tertiary alicyclic amines) is 1. The summed E-state index contributed by atoms with van der Waals surface area (Å²) in [5, 5.41) is 3.64. The summed E-state index contributed by atoms with van der Waals surface area (Å²) in [6.07, 6.45) is 7.94. The number of hydrogen-bond acceptors (Lipinski definition) is 4. The molecule has 1 N–H and O–H groups in total. The molecule has 1 heterocycles. The summed E-state index contributed by atoms with van der Waals surface area (Å²) in [5.74, 6) is 2.15. The normalized spacial score (nSPS) is 19.1. The topological polar surface area (TPSA) is 50.8 Å². The van der Waals surface area contributed by atoms with Crippen LogP contribution in [0, 0.1) is 5.92 Å². The van der Waals surface area contributed by atoms with Crippen molar-refractivity contribution in [3.63, 3.8) is 0 Å². The summed E-state index contributed by atoms with van der Waals surface area (Å²) >= 11 is 3.62. The second-order valence-electron chi connectivity index (χ2n) is 7.61. The average molecular weight is 439 g/mol. The molecule has 2 fully saturated rings. The zero-order valence-corrected chi connectivity index (χ0v) is 18.0. The summed E-state index contributed by atoms with van der Waals surface area (Å²) in [7, 11) is 3.30. The van der Waals surface area contributed by atoms with E-state index >= 15 is 0 Å². The zero-order chi connectivity index (χ0) is 19.2. The van der Waals surface area contributed by atoms with Gasteiger partial charge in [-0.1, -0.05) is 35.2 Å². The fraction of sp³-hybridized carbons (Fsp3) is 0.667. The Labute approximate surface area is 170 Å². The van der Waals surface area contributed by atoms with Crippen molar-refractivity contribution in [3.05, 3.63) is 22.2 Å². The average Bonchev–Trinajstić information content (AvgIpc) is 2.73. The molecule has 0 bridgehead atoms. The van der Waals surface area contributed by atoms with Gasteiger partial charge >= 0.3 is 0 Å². The Morgan fingerprint density at radius 3 is 2.33 bits per heavy atom. The van der Waals surface area contributed by atoms with Gasteiger partial charge in [0.1, 0.15) is 0 Å². The summed E-state index contributed by atoms with van der Waals surface area (Å²) in [5.41, 5.74) is 1.15. The molecule has 1 aromatic rings. The quantitative estimate of drug-likeness (QED) is 0.725. The minimum Gasteiger partial charge on any atom is -0.493 e. The standard InChI is InChI=1S/C21H31BrN2O3/c1-26-19-12-16(18(22)13-20(19)27-2)14-23-17-8-10-24(11-9-17)21(25)15-6-4-3-5-7-15/h12-13,15,17,23H,3-11,14H2,1-2H3. The third-order valence-corrected chi connectivity index (χ3v) is 6.63. The van der Waals surface area contributed by atoms with E-state index in [4.69, 9.17) is 9.47 Å². The molecular weight excluding hydrogens is 408 g/mol. The fourth-order valence-corrected chi connectivity index (χ4v) is 4.66. The molecule has 0 radical (unpaired) electrons. The van der Waals surface area contributed by atoms with E-state index in [1.54, 1.807) is 14.2 Å². The van der Waals surface area contributed by atoms with Gasteiger partial charge in [-0.25, -0.2) is 0 Å². The smallest absolute Gasteiger partial charge is 0.225 e. The highest BCUT2D eigenvalue weighted by molar-refractivity contribution is 9.10. The van der Waals surface area contributed by atoms with Gasteiger partial charge in [0, 0.05) is 36.1 Å². The highest BCUT2D eigenvalue weighted by Crippen LogP contribution is 2.33. The largest absolute Gasteiger partial charge is 0.493 e. The van der Waals surface area contributed by atoms with Crippen LogP contribution in [0.3, 0.4) is 0 Å². The van der Waals surface area contributed by atoms with Gasteiger partial charge in [-0.15, -0.1) is 0 Å². The van der Waals surface area contributed by atoms with Crippen molar-refractivity contribution in [1.82, 2.24) is 10.2 Å². The number of ether oxygens (including phenoxy) is 2. The molecule has 3 rings (SSSR count). The number of halogens is 1. The summed E-state index contributed by atoms with van der Waals surface area (Å²) in [4.78, 5) is 14.8. The first kappa shape index (κ1) is 20.5. The number of methoxy groups -OCH3 is 2. The van der Waals surface area contributed by atoms with E-state index in [-0.39, 0.29) is 5.92 Å². The lowest BCUT2D eigenvalue weighted by Crippen LogP contribution is -2.46. The molecular formula is C21H31BrN2O3. The number of hydrogen-bond donors (Lipinski definition) is 1. The number of carbonyl (C=O) groups is 1. The van der Waals surface area contributed by atoms with Crippen molar-refractivity contribution < 1.29 is 14.3 Å². The van der Waals surface area contributed by atoms with Gasteiger partial charge in [-0.3, -0.25) is 4.79 Å². The minimum absolute atomic E-state index is 0.283. The second kappa shape index (κ2) is 9.78. The van der Waals surface area contributed by atoms with Crippen LogP contribution in [0.1, 0.15) is 50.5 Å². The first-order valence-electron chi connectivity index (χ1n) is 10.0. The van der Waals surface area contributed by atoms with Gasteiger partial charge in [0.05, 0.1) is 14.2 Å². The second-order valence-corrected chi connectivity index (χ2v) is 8.47. The first-order chi connectivity index (χ1) is 13.1. The molecule has 0 spiro atoms. The Morgan fingerprint density at radius 2 is 1.70 bits per heavy atom. The monoisotopic (exact) mass is 438 g/mol. The van der Waals surface area contributed by atoms with Crippen molar-refractivity contribution >= 4 is 21.8 Å². The van der Waals surface area contributed by atoms with E-state index in [9.17, 15) is 4.79 Å². The van der Waals surface area contributed by atoms with Crippen molar-refractivity contribution in [2.75, 3.05) is 27.3 Å². The number of carbonyl (C=O) groups excluding carboxylic acids is 1. The predicted octanol–water partition coefficient (Wildman–Crippen LogP) is 4.13. The lowest BCUT2D eigenvalue weighted by atomic mass is 9.87. The minimum atomic E-state index is 0.283. The predicted molar refractivity (Wildman–Crippen MR) is 110 cm³/mol. The summed E-state index contributed by atoms with van der Waals surface area (Å²) in [6, 6.07) is 4.40. The highest BCUT2D eigenvalue weighted by Gasteiger charge is 2.29. The van der Waals surface area contributed by atoms with Crippen LogP contribution in [0.25, 0.3) is 0 Å². The highest BCUT2D eigenvalue weighted by atomic mass is 79.9. The number of piperidine rings is 1. The van der Waals surface area contributed by atoms with E-state index in [1.165, 1.54) is 19.3 Å². The van der Waals surface area contributed by atoms with Crippen LogP contribution in [0.4, 0.5) is 0 Å². The van der Waals surface area contributed by atoms with Crippen molar-refractivity contribution in [2.24, 2.45) is 5.92 Å². The molecule has 27 heavy (non-hydrogen) atoms. The van der Waals surface area contributed by atoms with E-state index in [1.807, 2.05) is 12.1 Å². The molecule has 150 valence electrons. The molecule has 1 aromatic carbocycles. The maximum absolute atomic E-state index is 12.7. The number of benzene rings is 1. The van der Waals surface area contributed by atoms with Crippen LogP contribution in [-0.2, 0) is 11.3 Å². The maximum Gasteiger partial charge on any atom is 0.225 e.